The van der Waals surface area contributed by atoms with Crippen LogP contribution in [0.1, 0.15) is 0 Å². The van der Waals surface area contributed by atoms with Crippen LogP contribution in [-0.4, -0.2) is 12.4 Å². The van der Waals surface area contributed by atoms with Gasteiger partial charge in [0, 0.05) is 21.1 Å². The first-order valence-electron chi connectivity index (χ1n) is 1.20. The van der Waals surface area contributed by atoms with Crippen molar-refractivity contribution in [1.29, 1.82) is 0 Å². The Morgan fingerprint density at radius 3 is 2.14 bits per heavy atom. The summed E-state index contributed by atoms with van der Waals surface area (Å²) in [5.41, 5.74) is 4.39. The second kappa shape index (κ2) is 5.63. The summed E-state index contributed by atoms with van der Waals surface area (Å²) < 4.78 is 0. The van der Waals surface area contributed by atoms with Crippen molar-refractivity contribution < 1.29 is 30.7 Å². The molecule has 0 aliphatic rings. The zero-order valence-corrected chi connectivity index (χ0v) is 5.31. The molecule has 0 bridgehead atoms. The Hall–Kier alpha value is -0.372. The third-order valence-corrected chi connectivity index (χ3v) is 0.174. The first-order chi connectivity index (χ1) is 2.77. The minimum Gasteiger partial charge on any atom is -0.444 e. The van der Waals surface area contributed by atoms with Crippen LogP contribution in [0.4, 0.5) is 4.79 Å². The van der Waals surface area contributed by atoms with E-state index in [1.165, 1.54) is 0 Å². The molecule has 0 aliphatic heterocycles. The number of urea groups is 1. The molecule has 0 atom stereocenters. The van der Waals surface area contributed by atoms with E-state index >= 15 is 0 Å². The van der Waals surface area contributed by atoms with Crippen molar-refractivity contribution in [3.63, 3.8) is 0 Å². The summed E-state index contributed by atoms with van der Waals surface area (Å²) in [6, 6.07) is -0.884. The molecule has 0 aromatic rings. The van der Waals surface area contributed by atoms with E-state index in [0.29, 0.717) is 0 Å². The fraction of sp³-hybridized carbons (Fsp3) is 0. The van der Waals surface area contributed by atoms with Gasteiger partial charge >= 0.3 is 0 Å². The Morgan fingerprint density at radius 1 is 1.71 bits per heavy atom. The molecule has 0 unspecified atom stereocenters. The minimum atomic E-state index is -0.884. The van der Waals surface area contributed by atoms with Crippen LogP contribution >= 0.6 is 0 Å². The summed E-state index contributed by atoms with van der Waals surface area (Å²) in [5, 5.41) is 1.54. The van der Waals surface area contributed by atoms with Gasteiger partial charge in [0.05, 0.1) is 6.41 Å². The smallest absolute Gasteiger partial charge is 0.158 e. The van der Waals surface area contributed by atoms with Gasteiger partial charge in [0.15, 0.2) is 6.03 Å². The van der Waals surface area contributed by atoms with E-state index in [9.17, 15) is 4.79 Å². The van der Waals surface area contributed by atoms with Crippen LogP contribution in [-0.2, 0) is 25.9 Å². The number of amides is 3. The minimum absolute atomic E-state index is 0. The molecule has 0 aromatic carbocycles. The number of nitrogens with two attached hydrogens (primary N) is 1. The third-order valence-electron chi connectivity index (χ3n) is 0.174. The number of nitrogens with one attached hydrogen (secondary N) is 1. The first-order valence-corrected chi connectivity index (χ1v) is 1.20. The van der Waals surface area contributed by atoms with Gasteiger partial charge < -0.3 is 20.6 Å². The average molecular weight is 183 g/mol. The number of hydrogen-bond donors (Lipinski definition) is 2. The van der Waals surface area contributed by atoms with Gasteiger partial charge in [-0.15, -0.1) is 0 Å². The quantitative estimate of drug-likeness (QED) is 0.302. The van der Waals surface area contributed by atoms with Crippen molar-refractivity contribution in [3.8, 4) is 0 Å². The summed E-state index contributed by atoms with van der Waals surface area (Å²) >= 11 is 0. The number of hydrogen-bond acceptors (Lipinski definition) is 2. The van der Waals surface area contributed by atoms with Crippen molar-refractivity contribution in [2.75, 3.05) is 0 Å². The van der Waals surface area contributed by atoms with Crippen LogP contribution in [0.3, 0.4) is 0 Å². The van der Waals surface area contributed by atoms with Crippen LogP contribution in [0.15, 0.2) is 0 Å². The normalized spacial score (nSPS) is 5.71. The van der Waals surface area contributed by atoms with E-state index in [0.717, 1.165) is 6.41 Å². The molecular formula is C2H3MoN2O2-. The van der Waals surface area contributed by atoms with Crippen LogP contribution in [0.5, 0.6) is 0 Å². The largest absolute Gasteiger partial charge is 0.444 e. The standard InChI is InChI=1S/C2H3N2O2.Mo/c3-2(6)4-1-5;/h(H3,3,4,5,6);/q-1;. The number of carbonyl (C=O) groups excluding carboxylic acids is 2. The topological polar surface area (TPSA) is 72.2 Å². The van der Waals surface area contributed by atoms with E-state index in [1.807, 2.05) is 0 Å². The molecule has 0 aromatic heterocycles. The summed E-state index contributed by atoms with van der Waals surface area (Å²) in [5.74, 6) is 0. The van der Waals surface area contributed by atoms with Crippen molar-refractivity contribution in [1.82, 2.24) is 5.32 Å². The number of imide groups is 1. The van der Waals surface area contributed by atoms with Gasteiger partial charge in [-0.25, -0.2) is 0 Å². The fourth-order valence-electron chi connectivity index (χ4n) is 0.0503. The molecule has 0 saturated heterocycles. The predicted octanol–water partition coefficient (Wildman–Crippen LogP) is -1.28. The maximum atomic E-state index is 9.45. The zero-order chi connectivity index (χ0) is 4.99. The molecule has 0 rings (SSSR count). The van der Waals surface area contributed by atoms with E-state index in [1.54, 1.807) is 5.32 Å². The van der Waals surface area contributed by atoms with Crippen molar-refractivity contribution in [3.05, 3.63) is 0 Å². The predicted molar refractivity (Wildman–Crippen MR) is 18.4 cm³/mol. The van der Waals surface area contributed by atoms with Gasteiger partial charge in [0.1, 0.15) is 0 Å². The van der Waals surface area contributed by atoms with Crippen molar-refractivity contribution in [2.45, 2.75) is 0 Å². The molecular weight excluding hydrogens is 180 g/mol. The first kappa shape index (κ1) is 9.80. The van der Waals surface area contributed by atoms with E-state index < -0.39 is 6.03 Å². The Morgan fingerprint density at radius 2 is 2.14 bits per heavy atom. The molecule has 0 spiro atoms. The maximum absolute atomic E-state index is 9.45. The van der Waals surface area contributed by atoms with Crippen LogP contribution in [0.2, 0.25) is 0 Å². The number of rotatable bonds is 1. The van der Waals surface area contributed by atoms with Crippen LogP contribution < -0.4 is 11.1 Å². The van der Waals surface area contributed by atoms with Crippen molar-refractivity contribution >= 4 is 12.4 Å². The molecule has 0 radical (unpaired) electrons. The number of carbonyl (C=O) groups is 1. The molecule has 40 valence electrons. The van der Waals surface area contributed by atoms with Crippen molar-refractivity contribution in [2.24, 2.45) is 5.73 Å². The summed E-state index contributed by atoms with van der Waals surface area (Å²) in [6.07, 6.45) is 1.09. The SMILES string of the molecule is NC(=O)N[C-]=O.[Mo]. The van der Waals surface area contributed by atoms with E-state index in [2.05, 4.69) is 5.73 Å². The molecule has 0 heterocycles. The molecule has 3 N–H and O–H groups in total. The van der Waals surface area contributed by atoms with Gasteiger partial charge in [-0.2, -0.15) is 0 Å². The second-order valence-electron chi connectivity index (χ2n) is 0.591. The number of primary amides is 1. The Labute approximate surface area is 54.7 Å². The maximum Gasteiger partial charge on any atom is 0.158 e. The zero-order valence-electron chi connectivity index (χ0n) is 3.30. The molecule has 0 aliphatic carbocycles. The molecule has 3 amide bonds. The van der Waals surface area contributed by atoms with Gasteiger partial charge in [-0.3, -0.25) is 0 Å². The van der Waals surface area contributed by atoms with Gasteiger partial charge in [0.2, 0.25) is 0 Å². The summed E-state index contributed by atoms with van der Waals surface area (Å²) in [6.45, 7) is 0. The summed E-state index contributed by atoms with van der Waals surface area (Å²) in [7, 11) is 0. The molecule has 0 fully saturated rings. The molecule has 5 heteroatoms. The van der Waals surface area contributed by atoms with Crippen LogP contribution in [0, 0.1) is 0 Å². The molecule has 7 heavy (non-hydrogen) atoms. The van der Waals surface area contributed by atoms with E-state index in [4.69, 9.17) is 4.79 Å². The average Bonchev–Trinajstić information content (AvgIpc) is 1.35. The Balaban J connectivity index is 0. The molecule has 4 nitrogen and oxygen atoms in total. The molecule has 0 saturated carbocycles. The monoisotopic (exact) mass is 185 g/mol. The Kier molecular flexibility index (Phi) is 7.88. The third kappa shape index (κ3) is 10.7. The fourth-order valence-corrected chi connectivity index (χ4v) is 0.0503. The second-order valence-corrected chi connectivity index (χ2v) is 0.591. The Bertz CT molecular complexity index is 74.1. The van der Waals surface area contributed by atoms with Gasteiger partial charge in [0.25, 0.3) is 0 Å². The van der Waals surface area contributed by atoms with Crippen LogP contribution in [0.25, 0.3) is 0 Å². The van der Waals surface area contributed by atoms with Gasteiger partial charge in [-0.05, 0) is 0 Å². The summed E-state index contributed by atoms with van der Waals surface area (Å²) in [4.78, 5) is 18.5. The van der Waals surface area contributed by atoms with Gasteiger partial charge in [-0.1, -0.05) is 0 Å². The van der Waals surface area contributed by atoms with E-state index in [-0.39, 0.29) is 21.1 Å².